The SMILES string of the molecule is CCC(C)(N=C=O)c1ccc(CC2=CC=C(C(C)(C)N=C=O)CC2)cc1. The van der Waals surface area contributed by atoms with E-state index in [4.69, 9.17) is 0 Å². The molecule has 136 valence electrons. The van der Waals surface area contributed by atoms with Crippen LogP contribution in [0.2, 0.25) is 0 Å². The van der Waals surface area contributed by atoms with Crippen LogP contribution in [-0.4, -0.2) is 17.7 Å². The molecular formula is C22H26N2O2. The van der Waals surface area contributed by atoms with Gasteiger partial charge in [-0.15, -0.1) is 0 Å². The van der Waals surface area contributed by atoms with E-state index in [1.807, 2.05) is 39.8 Å². The summed E-state index contributed by atoms with van der Waals surface area (Å²) in [6.07, 6.45) is 11.1. The highest BCUT2D eigenvalue weighted by Gasteiger charge is 2.25. The van der Waals surface area contributed by atoms with Crippen LogP contribution in [0.25, 0.3) is 0 Å². The Bertz CT molecular complexity index is 805. The van der Waals surface area contributed by atoms with Crippen LogP contribution in [0.3, 0.4) is 0 Å². The van der Waals surface area contributed by atoms with Crippen LogP contribution in [0.1, 0.15) is 58.1 Å². The summed E-state index contributed by atoms with van der Waals surface area (Å²) in [7, 11) is 0. The van der Waals surface area contributed by atoms with Gasteiger partial charge in [-0.05, 0) is 63.2 Å². The molecule has 0 radical (unpaired) electrons. The fraction of sp³-hybridized carbons (Fsp3) is 0.455. The van der Waals surface area contributed by atoms with Crippen molar-refractivity contribution in [3.05, 3.63) is 58.7 Å². The van der Waals surface area contributed by atoms with Crippen LogP contribution in [0.4, 0.5) is 0 Å². The first-order valence-electron chi connectivity index (χ1n) is 9.01. The average Bonchev–Trinajstić information content (AvgIpc) is 2.63. The second-order valence-corrected chi connectivity index (χ2v) is 7.48. The van der Waals surface area contributed by atoms with Gasteiger partial charge in [0.1, 0.15) is 0 Å². The summed E-state index contributed by atoms with van der Waals surface area (Å²) < 4.78 is 0. The minimum atomic E-state index is -0.507. The Kier molecular flexibility index (Phi) is 6.26. The van der Waals surface area contributed by atoms with E-state index in [0.29, 0.717) is 0 Å². The van der Waals surface area contributed by atoms with Gasteiger partial charge in [-0.1, -0.05) is 48.9 Å². The first kappa shape index (κ1) is 19.8. The minimum Gasteiger partial charge on any atom is -0.211 e. The molecule has 0 bridgehead atoms. The molecule has 0 saturated carbocycles. The Hall–Kier alpha value is -2.54. The maximum atomic E-state index is 10.7. The third-order valence-electron chi connectivity index (χ3n) is 5.33. The predicted molar refractivity (Wildman–Crippen MR) is 104 cm³/mol. The van der Waals surface area contributed by atoms with E-state index in [1.54, 1.807) is 12.2 Å². The summed E-state index contributed by atoms with van der Waals surface area (Å²) in [5, 5.41) is 0. The molecule has 26 heavy (non-hydrogen) atoms. The number of nitrogens with zero attached hydrogens (tertiary/aromatic N) is 2. The fourth-order valence-electron chi connectivity index (χ4n) is 3.22. The molecule has 0 aromatic heterocycles. The van der Waals surface area contributed by atoms with Crippen molar-refractivity contribution in [1.29, 1.82) is 0 Å². The Labute approximate surface area is 155 Å². The zero-order chi connectivity index (χ0) is 19.2. The van der Waals surface area contributed by atoms with Gasteiger partial charge in [-0.25, -0.2) is 9.59 Å². The average molecular weight is 350 g/mol. The highest BCUT2D eigenvalue weighted by atomic mass is 16.1. The Balaban J connectivity index is 2.13. The number of hydrogen-bond donors (Lipinski definition) is 0. The summed E-state index contributed by atoms with van der Waals surface area (Å²) in [5.74, 6) is 0. The van der Waals surface area contributed by atoms with Gasteiger partial charge in [0, 0.05) is 0 Å². The first-order chi connectivity index (χ1) is 12.3. The van der Waals surface area contributed by atoms with Gasteiger partial charge in [0.2, 0.25) is 12.2 Å². The van der Waals surface area contributed by atoms with Crippen molar-refractivity contribution in [2.45, 2.75) is 64.5 Å². The predicted octanol–water partition coefficient (Wildman–Crippen LogP) is 4.95. The first-order valence-corrected chi connectivity index (χ1v) is 9.01. The lowest BCUT2D eigenvalue weighted by Gasteiger charge is -2.25. The Morgan fingerprint density at radius 2 is 1.62 bits per heavy atom. The maximum Gasteiger partial charge on any atom is 0.235 e. The molecule has 0 aliphatic heterocycles. The minimum absolute atomic E-state index is 0.477. The molecule has 0 N–H and O–H groups in total. The third-order valence-corrected chi connectivity index (χ3v) is 5.33. The van der Waals surface area contributed by atoms with Gasteiger partial charge < -0.3 is 0 Å². The topological polar surface area (TPSA) is 58.9 Å². The molecule has 4 nitrogen and oxygen atoms in total. The van der Waals surface area contributed by atoms with Gasteiger partial charge in [0.25, 0.3) is 0 Å². The molecule has 0 spiro atoms. The van der Waals surface area contributed by atoms with Gasteiger partial charge in [-0.2, -0.15) is 9.98 Å². The van der Waals surface area contributed by atoms with Crippen LogP contribution >= 0.6 is 0 Å². The van der Waals surface area contributed by atoms with Crippen molar-refractivity contribution < 1.29 is 9.59 Å². The van der Waals surface area contributed by atoms with Crippen molar-refractivity contribution >= 4 is 12.2 Å². The van der Waals surface area contributed by atoms with Crippen LogP contribution in [0.15, 0.2) is 57.5 Å². The van der Waals surface area contributed by atoms with Gasteiger partial charge in [0.05, 0.1) is 11.1 Å². The van der Waals surface area contributed by atoms with Crippen LogP contribution < -0.4 is 0 Å². The third kappa shape index (κ3) is 4.54. The summed E-state index contributed by atoms with van der Waals surface area (Å²) in [6, 6.07) is 8.30. The molecule has 1 unspecified atom stereocenters. The highest BCUT2D eigenvalue weighted by Crippen LogP contribution is 2.32. The molecule has 0 fully saturated rings. The van der Waals surface area contributed by atoms with E-state index >= 15 is 0 Å². The molecule has 0 amide bonds. The smallest absolute Gasteiger partial charge is 0.211 e. The zero-order valence-corrected chi connectivity index (χ0v) is 16.0. The zero-order valence-electron chi connectivity index (χ0n) is 16.0. The molecule has 4 heteroatoms. The summed E-state index contributed by atoms with van der Waals surface area (Å²) in [4.78, 5) is 29.1. The van der Waals surface area contributed by atoms with E-state index < -0.39 is 11.1 Å². The molecule has 0 heterocycles. The second-order valence-electron chi connectivity index (χ2n) is 7.48. The maximum absolute atomic E-state index is 10.7. The van der Waals surface area contributed by atoms with Gasteiger partial charge in [-0.3, -0.25) is 0 Å². The lowest BCUT2D eigenvalue weighted by Crippen LogP contribution is -2.21. The van der Waals surface area contributed by atoms with E-state index in [2.05, 4.69) is 34.3 Å². The molecule has 0 saturated heterocycles. The number of isocyanates is 2. The van der Waals surface area contributed by atoms with Crippen LogP contribution in [-0.2, 0) is 21.5 Å². The normalized spacial score (nSPS) is 16.5. The fourth-order valence-corrected chi connectivity index (χ4v) is 3.22. The Morgan fingerprint density at radius 3 is 2.12 bits per heavy atom. The lowest BCUT2D eigenvalue weighted by molar-refractivity contribution is 0.468. The van der Waals surface area contributed by atoms with Crippen LogP contribution in [0, 0.1) is 0 Å². The van der Waals surface area contributed by atoms with Crippen LogP contribution in [0.5, 0.6) is 0 Å². The molecule has 1 aliphatic rings. The van der Waals surface area contributed by atoms with E-state index in [0.717, 1.165) is 36.8 Å². The molecular weight excluding hydrogens is 324 g/mol. The van der Waals surface area contributed by atoms with Crippen molar-refractivity contribution in [3.8, 4) is 0 Å². The summed E-state index contributed by atoms with van der Waals surface area (Å²) >= 11 is 0. The number of rotatable bonds is 7. The highest BCUT2D eigenvalue weighted by molar-refractivity contribution is 5.41. The van der Waals surface area contributed by atoms with Gasteiger partial charge in [0.15, 0.2) is 0 Å². The molecule has 2 rings (SSSR count). The van der Waals surface area contributed by atoms with Gasteiger partial charge >= 0.3 is 0 Å². The van der Waals surface area contributed by atoms with Crippen molar-refractivity contribution in [3.63, 3.8) is 0 Å². The van der Waals surface area contributed by atoms with Crippen molar-refractivity contribution in [1.82, 2.24) is 0 Å². The largest absolute Gasteiger partial charge is 0.235 e. The van der Waals surface area contributed by atoms with E-state index in [1.165, 1.54) is 11.1 Å². The van der Waals surface area contributed by atoms with Crippen molar-refractivity contribution in [2.24, 2.45) is 9.98 Å². The molecule has 1 aromatic rings. The number of benzene rings is 1. The van der Waals surface area contributed by atoms with Crippen molar-refractivity contribution in [2.75, 3.05) is 0 Å². The molecule has 1 aliphatic carbocycles. The quantitative estimate of drug-likeness (QED) is 0.516. The standard InChI is InChI=1S/C22H26N2O2/c1-5-22(4,24-16-26)20-12-8-18(9-13-20)14-17-6-10-19(11-7-17)21(2,3)23-15-25/h6,8-10,12-13H,5,7,11,14H2,1-4H3. The number of aliphatic imine (C=N–C) groups is 2. The molecule has 1 atom stereocenters. The van der Waals surface area contributed by atoms with E-state index in [9.17, 15) is 9.59 Å². The summed E-state index contributed by atoms with van der Waals surface area (Å²) in [6.45, 7) is 7.84. The number of carbonyl (C=O) groups excluding carboxylic acids is 2. The monoisotopic (exact) mass is 350 g/mol. The summed E-state index contributed by atoms with van der Waals surface area (Å²) in [5.41, 5.74) is 3.79. The number of allylic oxidation sites excluding steroid dienone is 3. The molecule has 1 aromatic carbocycles. The van der Waals surface area contributed by atoms with E-state index in [-0.39, 0.29) is 0 Å². The second kappa shape index (κ2) is 8.23. The Morgan fingerprint density at radius 1 is 0.962 bits per heavy atom. The lowest BCUT2D eigenvalue weighted by atomic mass is 9.84. The number of hydrogen-bond acceptors (Lipinski definition) is 4.